The van der Waals surface area contributed by atoms with Crippen LogP contribution in [0, 0.1) is 0 Å². The van der Waals surface area contributed by atoms with Gasteiger partial charge in [-0.3, -0.25) is 9.99 Å². The Morgan fingerprint density at radius 1 is 1.24 bits per heavy atom. The van der Waals surface area contributed by atoms with Gasteiger partial charge in [0.05, 0.1) is 0 Å². The lowest BCUT2D eigenvalue weighted by molar-refractivity contribution is 0.0754. The van der Waals surface area contributed by atoms with E-state index in [1.165, 1.54) is 0 Å². The van der Waals surface area contributed by atoms with Gasteiger partial charge in [0.15, 0.2) is 0 Å². The Balaban J connectivity index is 2.47. The van der Waals surface area contributed by atoms with Gasteiger partial charge in [0, 0.05) is 31.7 Å². The maximum Gasteiger partial charge on any atom is 0.324 e. The average Bonchev–Trinajstić information content (AvgIpc) is 2.14. The molecule has 1 fully saturated rings. The van der Waals surface area contributed by atoms with Crippen LogP contribution in [0.25, 0.3) is 0 Å². The van der Waals surface area contributed by atoms with E-state index in [0.29, 0.717) is 13.1 Å². The van der Waals surface area contributed by atoms with Gasteiger partial charge in [0.25, 0.3) is 6.64 Å². The van der Waals surface area contributed by atoms with Crippen molar-refractivity contribution in [2.75, 3.05) is 26.2 Å². The van der Waals surface area contributed by atoms with Crippen LogP contribution in [0.5, 0.6) is 0 Å². The van der Waals surface area contributed by atoms with Gasteiger partial charge < -0.3 is 14.7 Å². The van der Waals surface area contributed by atoms with Crippen molar-refractivity contribution >= 4 is 24.5 Å². The van der Waals surface area contributed by atoms with Crippen LogP contribution in [0.15, 0.2) is 0 Å². The normalized spacial score (nSPS) is 19.2. The van der Waals surface area contributed by atoms with Crippen LogP contribution < -0.4 is 5.09 Å². The van der Waals surface area contributed by atoms with E-state index >= 15 is 0 Å². The van der Waals surface area contributed by atoms with E-state index in [2.05, 4.69) is 37.5 Å². The molecule has 0 unspecified atom stereocenters. The van der Waals surface area contributed by atoms with Crippen molar-refractivity contribution in [3.8, 4) is 0 Å². The summed E-state index contributed by atoms with van der Waals surface area (Å²) in [7, 11) is 0. The monoisotopic (exact) mass is 281 g/mol. The number of hydrogen-bond acceptors (Lipinski definition) is 3. The van der Waals surface area contributed by atoms with Crippen molar-refractivity contribution in [1.82, 2.24) is 14.9 Å². The Bertz CT molecular complexity index is 331. The molecule has 100 valence electrons. The molecule has 0 radical (unpaired) electrons. The van der Waals surface area contributed by atoms with E-state index in [1.807, 2.05) is 5.09 Å². The third kappa shape index (κ3) is 4.89. The summed E-state index contributed by atoms with van der Waals surface area (Å²) in [6.45, 7) is 5.41. The molecule has 0 spiro atoms. The maximum absolute atomic E-state index is 11.6. The van der Waals surface area contributed by atoms with E-state index in [4.69, 9.17) is 9.79 Å². The predicted molar refractivity (Wildman–Crippen MR) is 70.2 cm³/mol. The molecule has 0 saturated carbocycles. The third-order valence-electron chi connectivity index (χ3n) is 2.76. The van der Waals surface area contributed by atoms with Crippen LogP contribution in [0.3, 0.4) is 0 Å². The van der Waals surface area contributed by atoms with Crippen LogP contribution in [0.1, 0.15) is 20.8 Å². The molecule has 1 aliphatic rings. The molecule has 0 bridgehead atoms. The summed E-state index contributed by atoms with van der Waals surface area (Å²) in [5, 5.41) is 2.05. The van der Waals surface area contributed by atoms with Gasteiger partial charge in [-0.15, -0.1) is 0 Å². The predicted octanol–water partition coefficient (Wildman–Crippen LogP) is 0.321. The number of hydrogen-bond donors (Lipinski definition) is 3. The summed E-state index contributed by atoms with van der Waals surface area (Å²) in [6, 6.07) is -0.494. The van der Waals surface area contributed by atoms with Crippen LogP contribution in [-0.4, -0.2) is 57.3 Å². The van der Waals surface area contributed by atoms with E-state index in [1.54, 1.807) is 4.90 Å². The Morgan fingerprint density at radius 3 is 2.06 bits per heavy atom. The summed E-state index contributed by atoms with van der Waals surface area (Å²) in [4.78, 5) is 33.5. The molecule has 1 saturated heterocycles. The van der Waals surface area contributed by atoms with Gasteiger partial charge >= 0.3 is 6.03 Å². The lowest BCUT2D eigenvalue weighted by Crippen LogP contribution is -2.56. The SMILES string of the molecule is CC(C)(C)N1CCN(C(=O)NP(O)(O)=S)CC1. The van der Waals surface area contributed by atoms with E-state index in [0.717, 1.165) is 13.1 Å². The fourth-order valence-corrected chi connectivity index (χ4v) is 2.40. The quantitative estimate of drug-likeness (QED) is 0.604. The van der Waals surface area contributed by atoms with Gasteiger partial charge in [-0.25, -0.2) is 4.79 Å². The first-order valence-corrected chi connectivity index (χ1v) is 8.18. The van der Waals surface area contributed by atoms with E-state index in [9.17, 15) is 4.79 Å². The molecule has 1 aliphatic heterocycles. The molecule has 6 nitrogen and oxygen atoms in total. The van der Waals surface area contributed by atoms with Crippen LogP contribution in [0.4, 0.5) is 4.79 Å². The summed E-state index contributed by atoms with van der Waals surface area (Å²) in [6.07, 6.45) is 0. The van der Waals surface area contributed by atoms with Crippen molar-refractivity contribution in [2.24, 2.45) is 0 Å². The first kappa shape index (κ1) is 14.9. The molecule has 0 aromatic rings. The lowest BCUT2D eigenvalue weighted by Gasteiger charge is -2.42. The molecule has 0 aliphatic carbocycles. The van der Waals surface area contributed by atoms with Crippen molar-refractivity contribution in [2.45, 2.75) is 26.3 Å². The number of nitrogens with one attached hydrogen (secondary N) is 1. The van der Waals surface area contributed by atoms with Crippen molar-refractivity contribution in [3.05, 3.63) is 0 Å². The Kier molecular flexibility index (Phi) is 4.54. The third-order valence-corrected chi connectivity index (χ3v) is 3.51. The molecule has 3 N–H and O–H groups in total. The molecule has 2 amide bonds. The van der Waals surface area contributed by atoms with Gasteiger partial charge in [-0.05, 0) is 32.6 Å². The molecule has 0 atom stereocenters. The number of carbonyl (C=O) groups is 1. The van der Waals surface area contributed by atoms with Crippen molar-refractivity contribution in [3.63, 3.8) is 0 Å². The van der Waals surface area contributed by atoms with Crippen molar-refractivity contribution in [1.29, 1.82) is 0 Å². The molecular formula is C9H20N3O3PS. The first-order valence-electron chi connectivity index (χ1n) is 5.47. The molecule has 0 aromatic carbocycles. The van der Waals surface area contributed by atoms with E-state index in [-0.39, 0.29) is 5.54 Å². The summed E-state index contributed by atoms with van der Waals surface area (Å²) < 4.78 is 0. The van der Waals surface area contributed by atoms with Crippen LogP contribution in [0.2, 0.25) is 0 Å². The van der Waals surface area contributed by atoms with Crippen molar-refractivity contribution < 1.29 is 14.6 Å². The molecule has 1 heterocycles. The standard InChI is InChI=1S/C9H20N3O3PS/c1-9(2,3)12-6-4-11(5-7-12)8(13)10-16(14,15)17/h4-7H2,1-3H3,(H3,10,13,14,15,17). The summed E-state index contributed by atoms with van der Waals surface area (Å²) in [5.41, 5.74) is 0.0886. The van der Waals surface area contributed by atoms with E-state index < -0.39 is 12.7 Å². The maximum atomic E-state index is 11.6. The molecule has 17 heavy (non-hydrogen) atoms. The molecule has 1 rings (SSSR count). The number of amides is 2. The minimum atomic E-state index is -3.66. The fourth-order valence-electron chi connectivity index (χ4n) is 1.78. The number of nitrogens with zero attached hydrogens (tertiary/aromatic N) is 2. The number of urea groups is 1. The Labute approximate surface area is 107 Å². The highest BCUT2D eigenvalue weighted by molar-refractivity contribution is 8.08. The van der Waals surface area contributed by atoms with Crippen LogP contribution >= 0.6 is 6.64 Å². The zero-order chi connectivity index (χ0) is 13.3. The molecular weight excluding hydrogens is 261 g/mol. The van der Waals surface area contributed by atoms with Gasteiger partial charge in [-0.1, -0.05) is 0 Å². The summed E-state index contributed by atoms with van der Waals surface area (Å²) >= 11 is 4.37. The van der Waals surface area contributed by atoms with Gasteiger partial charge in [0.1, 0.15) is 0 Å². The largest absolute Gasteiger partial charge is 0.330 e. The second kappa shape index (κ2) is 5.20. The minimum absolute atomic E-state index is 0.0886. The number of piperazine rings is 1. The Hall–Kier alpha value is -0.200. The highest BCUT2D eigenvalue weighted by Crippen LogP contribution is 2.29. The topological polar surface area (TPSA) is 76.0 Å². The number of rotatable bonds is 1. The van der Waals surface area contributed by atoms with Crippen LogP contribution in [-0.2, 0) is 11.8 Å². The molecule has 8 heteroatoms. The zero-order valence-corrected chi connectivity index (χ0v) is 12.1. The highest BCUT2D eigenvalue weighted by Gasteiger charge is 2.28. The first-order chi connectivity index (χ1) is 7.59. The van der Waals surface area contributed by atoms with Gasteiger partial charge in [-0.2, -0.15) is 0 Å². The van der Waals surface area contributed by atoms with Gasteiger partial charge in [0.2, 0.25) is 0 Å². The smallest absolute Gasteiger partial charge is 0.324 e. The summed E-state index contributed by atoms with van der Waals surface area (Å²) in [5.74, 6) is 0. The number of carbonyl (C=O) groups excluding carboxylic acids is 1. The lowest BCUT2D eigenvalue weighted by atomic mass is 10.1. The second-order valence-corrected chi connectivity index (χ2v) is 7.95. The molecule has 0 aromatic heterocycles. The fraction of sp³-hybridized carbons (Fsp3) is 0.889. The Morgan fingerprint density at radius 2 is 1.71 bits per heavy atom. The second-order valence-electron chi connectivity index (χ2n) is 5.11. The minimum Gasteiger partial charge on any atom is -0.330 e. The average molecular weight is 281 g/mol. The zero-order valence-electron chi connectivity index (χ0n) is 10.4. The highest BCUT2D eigenvalue weighted by atomic mass is 32.5.